The van der Waals surface area contributed by atoms with Crippen molar-refractivity contribution < 1.29 is 23.9 Å². The highest BCUT2D eigenvalue weighted by atomic mass is 35.5. The predicted molar refractivity (Wildman–Crippen MR) is 151 cm³/mol. The molecule has 1 aliphatic rings. The molecule has 4 aromatic rings. The number of methoxy groups -OCH3 is 1. The summed E-state index contributed by atoms with van der Waals surface area (Å²) in [5.74, 6) is -0.705. The zero-order valence-corrected chi connectivity index (χ0v) is 22.5. The van der Waals surface area contributed by atoms with Crippen LogP contribution in [0.2, 0.25) is 10.0 Å². The van der Waals surface area contributed by atoms with Crippen molar-refractivity contribution in [3.63, 3.8) is 0 Å². The molecule has 1 saturated heterocycles. The Balaban J connectivity index is 1.52. The van der Waals surface area contributed by atoms with E-state index in [1.165, 1.54) is 31.4 Å². The van der Waals surface area contributed by atoms with E-state index in [2.05, 4.69) is 11.4 Å². The van der Waals surface area contributed by atoms with E-state index in [9.17, 15) is 14.4 Å². The molecule has 0 aliphatic carbocycles. The second kappa shape index (κ2) is 10.8. The summed E-state index contributed by atoms with van der Waals surface area (Å²) in [7, 11) is 1.53. The molecule has 0 atom stereocenters. The molecule has 1 fully saturated rings. The van der Waals surface area contributed by atoms with Gasteiger partial charge >= 0.3 is 6.03 Å². The maximum Gasteiger partial charge on any atom is 0.335 e. The first kappa shape index (κ1) is 26.3. The van der Waals surface area contributed by atoms with E-state index in [1.54, 1.807) is 18.2 Å². The fourth-order valence-corrected chi connectivity index (χ4v) is 4.64. The smallest absolute Gasteiger partial charge is 0.335 e. The first-order chi connectivity index (χ1) is 18.8. The van der Waals surface area contributed by atoms with Crippen LogP contribution in [-0.2, 0) is 16.2 Å². The summed E-state index contributed by atoms with van der Waals surface area (Å²) in [6.07, 6.45) is 1.39. The van der Waals surface area contributed by atoms with Gasteiger partial charge in [-0.25, -0.2) is 9.69 Å². The number of aryl methyl sites for hydroxylation is 1. The van der Waals surface area contributed by atoms with E-state index in [0.29, 0.717) is 17.1 Å². The Hall–Kier alpha value is -4.33. The number of ether oxygens (including phenoxy) is 2. The molecule has 1 heterocycles. The molecule has 5 rings (SSSR count). The maximum absolute atomic E-state index is 13.4. The zero-order chi connectivity index (χ0) is 27.7. The largest absolute Gasteiger partial charge is 0.497 e. The third kappa shape index (κ3) is 5.19. The molecule has 7 nitrogen and oxygen atoms in total. The van der Waals surface area contributed by atoms with Gasteiger partial charge in [0.2, 0.25) is 0 Å². The van der Waals surface area contributed by atoms with Gasteiger partial charge in [0.25, 0.3) is 11.8 Å². The van der Waals surface area contributed by atoms with Gasteiger partial charge in [-0.3, -0.25) is 14.9 Å². The summed E-state index contributed by atoms with van der Waals surface area (Å²) >= 11 is 12.1. The number of amides is 4. The van der Waals surface area contributed by atoms with Crippen molar-refractivity contribution in [1.82, 2.24) is 5.32 Å². The first-order valence-corrected chi connectivity index (χ1v) is 12.7. The van der Waals surface area contributed by atoms with E-state index < -0.39 is 17.8 Å². The van der Waals surface area contributed by atoms with Crippen LogP contribution in [0.4, 0.5) is 10.5 Å². The number of urea groups is 1. The average Bonchev–Trinajstić information content (AvgIpc) is 2.92. The second-order valence-corrected chi connectivity index (χ2v) is 9.65. The van der Waals surface area contributed by atoms with Gasteiger partial charge < -0.3 is 9.47 Å². The lowest BCUT2D eigenvalue weighted by molar-refractivity contribution is -0.122. The van der Waals surface area contributed by atoms with Crippen LogP contribution in [0.25, 0.3) is 16.8 Å². The van der Waals surface area contributed by atoms with Crippen molar-refractivity contribution in [1.29, 1.82) is 0 Å². The summed E-state index contributed by atoms with van der Waals surface area (Å²) in [5.41, 5.74) is 2.45. The molecule has 0 bridgehead atoms. The lowest BCUT2D eigenvalue weighted by Crippen LogP contribution is -2.54. The molecule has 1 N–H and O–H groups in total. The Kier molecular flexibility index (Phi) is 7.28. The number of fused-ring (bicyclic) bond motifs is 1. The van der Waals surface area contributed by atoms with E-state index in [-0.39, 0.29) is 27.9 Å². The SMILES string of the molecule is COc1ccc(/C=C2\C(=O)NC(=O)N(c3ccc(Cl)c(Cl)c3)C2=O)c(OCc2c(C)ccc3ccccc23)c1. The van der Waals surface area contributed by atoms with Gasteiger partial charge in [-0.15, -0.1) is 0 Å². The highest BCUT2D eigenvalue weighted by Crippen LogP contribution is 2.32. The van der Waals surface area contributed by atoms with Gasteiger partial charge in [-0.05, 0) is 59.7 Å². The van der Waals surface area contributed by atoms with Crippen LogP contribution in [0.15, 0.2) is 78.4 Å². The normalized spacial score (nSPS) is 14.6. The highest BCUT2D eigenvalue weighted by Gasteiger charge is 2.37. The monoisotopic (exact) mass is 560 g/mol. The molecule has 0 unspecified atom stereocenters. The van der Waals surface area contributed by atoms with E-state index in [4.69, 9.17) is 32.7 Å². The predicted octanol–water partition coefficient (Wildman–Crippen LogP) is 6.71. The maximum atomic E-state index is 13.4. The minimum atomic E-state index is -0.891. The number of nitrogens with zero attached hydrogens (tertiary/aromatic N) is 1. The molecular weight excluding hydrogens is 539 g/mol. The van der Waals surface area contributed by atoms with Crippen molar-refractivity contribution in [2.24, 2.45) is 0 Å². The van der Waals surface area contributed by atoms with E-state index >= 15 is 0 Å². The number of benzene rings is 4. The van der Waals surface area contributed by atoms with E-state index in [1.807, 2.05) is 37.3 Å². The fraction of sp³-hybridized carbons (Fsp3) is 0.100. The molecule has 0 aromatic heterocycles. The number of halogens is 2. The fourth-order valence-electron chi connectivity index (χ4n) is 4.34. The van der Waals surface area contributed by atoms with Crippen LogP contribution in [0, 0.1) is 6.92 Å². The number of carbonyl (C=O) groups excluding carboxylic acids is 3. The van der Waals surface area contributed by atoms with Gasteiger partial charge in [0.1, 0.15) is 23.7 Å². The molecule has 39 heavy (non-hydrogen) atoms. The molecule has 4 aromatic carbocycles. The van der Waals surface area contributed by atoms with Gasteiger partial charge in [0.15, 0.2) is 0 Å². The molecular formula is C30H22Cl2N2O5. The van der Waals surface area contributed by atoms with Crippen molar-refractivity contribution in [2.45, 2.75) is 13.5 Å². The van der Waals surface area contributed by atoms with E-state index in [0.717, 1.165) is 26.8 Å². The Bertz CT molecular complexity index is 1680. The lowest BCUT2D eigenvalue weighted by atomic mass is 10.0. The van der Waals surface area contributed by atoms with Crippen LogP contribution in [0.1, 0.15) is 16.7 Å². The van der Waals surface area contributed by atoms with Gasteiger partial charge in [0.05, 0.1) is 22.8 Å². The average molecular weight is 561 g/mol. The Morgan fingerprint density at radius 1 is 0.923 bits per heavy atom. The number of hydrogen-bond acceptors (Lipinski definition) is 5. The van der Waals surface area contributed by atoms with Crippen molar-refractivity contribution in [3.8, 4) is 11.5 Å². The third-order valence-corrected chi connectivity index (χ3v) is 7.17. The number of rotatable bonds is 6. The molecule has 0 radical (unpaired) electrons. The van der Waals surface area contributed by atoms with Crippen molar-refractivity contribution in [2.75, 3.05) is 12.0 Å². The van der Waals surface area contributed by atoms with Crippen molar-refractivity contribution in [3.05, 3.63) is 105 Å². The molecule has 196 valence electrons. The minimum absolute atomic E-state index is 0.159. The standard InChI is InChI=1S/C30H22Cl2N2O5/c1-17-7-8-18-5-3-4-6-22(18)24(17)16-39-27-15-21(38-2)11-9-19(27)13-23-28(35)33-30(37)34(29(23)36)20-10-12-25(31)26(32)14-20/h3-15H,16H2,1-2H3,(H,33,35,37)/b23-13+. The topological polar surface area (TPSA) is 84.9 Å². The van der Waals surface area contributed by atoms with Crippen LogP contribution in [-0.4, -0.2) is 25.0 Å². The number of barbiturate groups is 1. The number of nitrogens with one attached hydrogen (secondary N) is 1. The van der Waals surface area contributed by atoms with Crippen molar-refractivity contribution >= 4 is 63.6 Å². The Morgan fingerprint density at radius 2 is 1.72 bits per heavy atom. The van der Waals surface area contributed by atoms with Gasteiger partial charge in [-0.2, -0.15) is 0 Å². The summed E-state index contributed by atoms with van der Waals surface area (Å²) < 4.78 is 11.6. The summed E-state index contributed by atoms with van der Waals surface area (Å²) in [6, 6.07) is 20.6. The minimum Gasteiger partial charge on any atom is -0.497 e. The van der Waals surface area contributed by atoms with Gasteiger partial charge in [0, 0.05) is 17.2 Å². The number of imide groups is 2. The molecule has 0 spiro atoms. The summed E-state index contributed by atoms with van der Waals surface area (Å²) in [5, 5.41) is 4.79. The van der Waals surface area contributed by atoms with Gasteiger partial charge in [-0.1, -0.05) is 59.6 Å². The van der Waals surface area contributed by atoms with Crippen LogP contribution in [0.3, 0.4) is 0 Å². The Morgan fingerprint density at radius 3 is 2.49 bits per heavy atom. The first-order valence-electron chi connectivity index (χ1n) is 11.9. The molecule has 1 aliphatic heterocycles. The quantitative estimate of drug-likeness (QED) is 0.209. The summed E-state index contributed by atoms with van der Waals surface area (Å²) in [4.78, 5) is 39.6. The molecule has 9 heteroatoms. The number of hydrogen-bond donors (Lipinski definition) is 1. The number of anilines is 1. The second-order valence-electron chi connectivity index (χ2n) is 8.83. The Labute approximate surface area is 234 Å². The lowest BCUT2D eigenvalue weighted by Gasteiger charge is -2.26. The zero-order valence-electron chi connectivity index (χ0n) is 21.0. The third-order valence-electron chi connectivity index (χ3n) is 6.43. The molecule has 4 amide bonds. The van der Waals surface area contributed by atoms with Crippen LogP contribution in [0.5, 0.6) is 11.5 Å². The highest BCUT2D eigenvalue weighted by molar-refractivity contribution is 6.43. The van der Waals surface area contributed by atoms with Crippen LogP contribution < -0.4 is 19.7 Å². The van der Waals surface area contributed by atoms with Crippen LogP contribution >= 0.6 is 23.2 Å². The summed E-state index contributed by atoms with van der Waals surface area (Å²) in [6.45, 7) is 2.25. The number of carbonyl (C=O) groups is 3. The molecule has 0 saturated carbocycles.